The number of nitrogens with two attached hydrogens (primary N) is 1. The number of carbonyl (C=O) groups is 2. The van der Waals surface area contributed by atoms with Gasteiger partial charge in [-0.05, 0) is 37.1 Å². The average molecular weight is 420 g/mol. The number of alkyl halides is 3. The van der Waals surface area contributed by atoms with Crippen molar-refractivity contribution in [2.75, 3.05) is 5.32 Å². The van der Waals surface area contributed by atoms with Gasteiger partial charge in [0.2, 0.25) is 11.8 Å². The van der Waals surface area contributed by atoms with Gasteiger partial charge in [-0.1, -0.05) is 31.4 Å². The lowest BCUT2D eigenvalue weighted by Crippen LogP contribution is -2.50. The van der Waals surface area contributed by atoms with E-state index in [0.29, 0.717) is 24.2 Å². The van der Waals surface area contributed by atoms with Crippen molar-refractivity contribution in [2.24, 2.45) is 11.1 Å². The van der Waals surface area contributed by atoms with Gasteiger partial charge >= 0.3 is 6.18 Å². The first-order chi connectivity index (χ1) is 14.2. The van der Waals surface area contributed by atoms with Crippen molar-refractivity contribution in [3.8, 4) is 0 Å². The number of nitrogens with one attached hydrogen (secondary N) is 2. The molecule has 9 heteroatoms. The Labute approximate surface area is 172 Å². The molecule has 4 N–H and O–H groups in total. The van der Waals surface area contributed by atoms with E-state index in [9.17, 15) is 22.8 Å². The van der Waals surface area contributed by atoms with Gasteiger partial charge in [0, 0.05) is 0 Å². The van der Waals surface area contributed by atoms with Crippen molar-refractivity contribution in [1.29, 1.82) is 0 Å². The topological polar surface area (TPSA) is 97.1 Å². The minimum atomic E-state index is -4.48. The van der Waals surface area contributed by atoms with Gasteiger partial charge < -0.3 is 16.4 Å². The molecule has 1 fully saturated rings. The van der Waals surface area contributed by atoms with Gasteiger partial charge in [-0.25, -0.2) is 0 Å². The van der Waals surface area contributed by atoms with E-state index in [1.807, 2.05) is 0 Å². The Morgan fingerprint density at radius 3 is 2.37 bits per heavy atom. The number of primary amides is 1. The molecule has 0 saturated heterocycles. The van der Waals surface area contributed by atoms with Crippen LogP contribution in [0.3, 0.4) is 0 Å². The molecule has 0 radical (unpaired) electrons. The average Bonchev–Trinajstić information content (AvgIpc) is 2.73. The largest absolute Gasteiger partial charge is 0.418 e. The number of benzene rings is 1. The summed E-state index contributed by atoms with van der Waals surface area (Å²) in [6.45, 7) is 0.0906. The van der Waals surface area contributed by atoms with Crippen LogP contribution in [-0.2, 0) is 22.3 Å². The molecule has 1 aromatic heterocycles. The number of rotatable bonds is 6. The number of para-hydroxylation sites is 1. The number of anilines is 2. The van der Waals surface area contributed by atoms with Crippen molar-refractivity contribution in [1.82, 2.24) is 10.3 Å². The van der Waals surface area contributed by atoms with Crippen LogP contribution in [0, 0.1) is 5.41 Å². The Morgan fingerprint density at radius 1 is 1.07 bits per heavy atom. The predicted octanol–water partition coefficient (Wildman–Crippen LogP) is 3.90. The molecular formula is C21H23F3N4O2. The number of aromatic nitrogens is 1. The number of hydrogen-bond acceptors (Lipinski definition) is 4. The second kappa shape index (κ2) is 8.73. The van der Waals surface area contributed by atoms with Crippen LogP contribution in [0.2, 0.25) is 0 Å². The predicted molar refractivity (Wildman–Crippen MR) is 106 cm³/mol. The van der Waals surface area contributed by atoms with Crippen LogP contribution in [0.25, 0.3) is 0 Å². The third kappa shape index (κ3) is 4.72. The van der Waals surface area contributed by atoms with Crippen molar-refractivity contribution in [2.45, 2.75) is 44.8 Å². The first-order valence-electron chi connectivity index (χ1n) is 9.69. The summed E-state index contributed by atoms with van der Waals surface area (Å²) < 4.78 is 39.3. The van der Waals surface area contributed by atoms with E-state index in [-0.39, 0.29) is 12.2 Å². The van der Waals surface area contributed by atoms with Crippen LogP contribution in [0.15, 0.2) is 42.6 Å². The lowest BCUT2D eigenvalue weighted by atomic mass is 9.72. The highest BCUT2D eigenvalue weighted by molar-refractivity contribution is 6.04. The minimum Gasteiger partial charge on any atom is -0.369 e. The molecule has 1 aliphatic rings. The Bertz CT molecular complexity index is 907. The standard InChI is InChI=1S/C21H23F3N4O2/c22-21(23,24)16-6-2-3-7-17(16)28-15-9-8-14(26-13-15)12-27-19(30)20(18(25)29)10-4-1-5-11-20/h2-3,6-9,13,28H,1,4-5,10-12H2,(H2,25,29)(H,27,30). The molecule has 1 aliphatic carbocycles. The third-order valence-corrected chi connectivity index (χ3v) is 5.38. The zero-order valence-corrected chi connectivity index (χ0v) is 16.3. The van der Waals surface area contributed by atoms with Crippen LogP contribution in [0.5, 0.6) is 0 Å². The fourth-order valence-electron chi connectivity index (χ4n) is 3.68. The zero-order chi connectivity index (χ0) is 21.8. The maximum atomic E-state index is 13.1. The van der Waals surface area contributed by atoms with E-state index in [0.717, 1.165) is 25.3 Å². The van der Waals surface area contributed by atoms with E-state index in [2.05, 4.69) is 15.6 Å². The van der Waals surface area contributed by atoms with Gasteiger partial charge in [-0.15, -0.1) is 0 Å². The number of carbonyl (C=O) groups excluding carboxylic acids is 2. The lowest BCUT2D eigenvalue weighted by Gasteiger charge is -2.32. The van der Waals surface area contributed by atoms with Crippen molar-refractivity contribution in [3.63, 3.8) is 0 Å². The van der Waals surface area contributed by atoms with Crippen LogP contribution >= 0.6 is 0 Å². The molecule has 0 atom stereocenters. The molecule has 2 aromatic rings. The summed E-state index contributed by atoms with van der Waals surface area (Å²) in [5, 5.41) is 5.43. The Morgan fingerprint density at radius 2 is 1.77 bits per heavy atom. The van der Waals surface area contributed by atoms with E-state index < -0.39 is 29.0 Å². The van der Waals surface area contributed by atoms with E-state index >= 15 is 0 Å². The summed E-state index contributed by atoms with van der Waals surface area (Å²) in [5.74, 6) is -1.02. The smallest absolute Gasteiger partial charge is 0.369 e. The summed E-state index contributed by atoms with van der Waals surface area (Å²) in [6, 6.07) is 8.34. The van der Waals surface area contributed by atoms with Crippen LogP contribution < -0.4 is 16.4 Å². The molecule has 0 unspecified atom stereocenters. The van der Waals surface area contributed by atoms with E-state index in [1.54, 1.807) is 12.1 Å². The highest BCUT2D eigenvalue weighted by Crippen LogP contribution is 2.37. The Kier molecular flexibility index (Phi) is 6.28. The normalized spacial score (nSPS) is 16.0. The van der Waals surface area contributed by atoms with Gasteiger partial charge in [0.15, 0.2) is 0 Å². The molecule has 2 amide bonds. The van der Waals surface area contributed by atoms with Crippen molar-refractivity contribution >= 4 is 23.2 Å². The fourth-order valence-corrected chi connectivity index (χ4v) is 3.68. The number of nitrogens with zero attached hydrogens (tertiary/aromatic N) is 1. The summed E-state index contributed by atoms with van der Waals surface area (Å²) >= 11 is 0. The molecule has 0 bridgehead atoms. The highest BCUT2D eigenvalue weighted by atomic mass is 19.4. The van der Waals surface area contributed by atoms with E-state index in [1.165, 1.54) is 24.4 Å². The van der Waals surface area contributed by atoms with Crippen LogP contribution in [0.4, 0.5) is 24.5 Å². The molecule has 1 saturated carbocycles. The summed E-state index contributed by atoms with van der Waals surface area (Å²) in [6.07, 6.45) is 0.292. The monoisotopic (exact) mass is 420 g/mol. The molecule has 0 aliphatic heterocycles. The Balaban J connectivity index is 1.64. The maximum absolute atomic E-state index is 13.1. The second-order valence-corrected chi connectivity index (χ2v) is 7.40. The molecular weight excluding hydrogens is 397 g/mol. The quantitative estimate of drug-likeness (QED) is 0.618. The number of pyridine rings is 1. The first-order valence-corrected chi connectivity index (χ1v) is 9.69. The minimum absolute atomic E-state index is 0.0754. The van der Waals surface area contributed by atoms with Crippen molar-refractivity contribution < 1.29 is 22.8 Å². The van der Waals surface area contributed by atoms with E-state index in [4.69, 9.17) is 5.73 Å². The molecule has 0 spiro atoms. The van der Waals surface area contributed by atoms with Crippen LogP contribution in [-0.4, -0.2) is 16.8 Å². The molecule has 6 nitrogen and oxygen atoms in total. The number of hydrogen-bond donors (Lipinski definition) is 3. The second-order valence-electron chi connectivity index (χ2n) is 7.40. The van der Waals surface area contributed by atoms with Crippen LogP contribution in [0.1, 0.15) is 43.4 Å². The summed E-state index contributed by atoms with van der Waals surface area (Å²) in [4.78, 5) is 28.7. The van der Waals surface area contributed by atoms with Crippen molar-refractivity contribution in [3.05, 3.63) is 53.9 Å². The fraction of sp³-hybridized carbons (Fsp3) is 0.381. The molecule has 1 aromatic carbocycles. The summed E-state index contributed by atoms with van der Waals surface area (Å²) in [7, 11) is 0. The molecule has 3 rings (SSSR count). The third-order valence-electron chi connectivity index (χ3n) is 5.38. The van der Waals surface area contributed by atoms with Gasteiger partial charge in [-0.3, -0.25) is 14.6 Å². The SMILES string of the molecule is NC(=O)C1(C(=O)NCc2ccc(Nc3ccccc3C(F)(F)F)cn2)CCCCC1. The summed E-state index contributed by atoms with van der Waals surface area (Å²) in [5.41, 5.74) is 4.36. The first kappa shape index (κ1) is 21.6. The Hall–Kier alpha value is -3.10. The maximum Gasteiger partial charge on any atom is 0.418 e. The highest BCUT2D eigenvalue weighted by Gasteiger charge is 2.44. The number of halogens is 3. The lowest BCUT2D eigenvalue weighted by molar-refractivity contribution is -0.144. The number of amides is 2. The molecule has 30 heavy (non-hydrogen) atoms. The van der Waals surface area contributed by atoms with Gasteiger partial charge in [-0.2, -0.15) is 13.2 Å². The van der Waals surface area contributed by atoms with Gasteiger partial charge in [0.25, 0.3) is 0 Å². The molecule has 1 heterocycles. The molecule has 160 valence electrons. The van der Waals surface area contributed by atoms with Gasteiger partial charge in [0.05, 0.1) is 35.4 Å². The zero-order valence-electron chi connectivity index (χ0n) is 16.3. The van der Waals surface area contributed by atoms with Gasteiger partial charge in [0.1, 0.15) is 5.41 Å².